The van der Waals surface area contributed by atoms with Crippen LogP contribution in [-0.2, 0) is 18.3 Å². The Balaban J connectivity index is 1.40. The molecular formula is C48H60O4. The Labute approximate surface area is 312 Å². The Bertz CT molecular complexity index is 1740. The van der Waals surface area contributed by atoms with E-state index in [9.17, 15) is 20.4 Å². The number of hydrogen-bond donors (Lipinski definition) is 4. The molecule has 0 amide bonds. The molecule has 4 N–H and O–H groups in total. The van der Waals surface area contributed by atoms with Crippen molar-refractivity contribution in [3.05, 3.63) is 115 Å². The van der Waals surface area contributed by atoms with Crippen molar-refractivity contribution < 1.29 is 20.4 Å². The SMILES string of the molecule is Cc1cc(Cc2ccc(C3(c4ccc(Cc5cc(C)c(O)c(C)c5)c(O)c4C4CCCCC4)CCCCC3)c(C3CCCCC3)c2O)cc(C)c1O. The van der Waals surface area contributed by atoms with Crippen LogP contribution in [-0.4, -0.2) is 20.4 Å². The molecule has 0 aromatic heterocycles. The maximum absolute atomic E-state index is 12.5. The Kier molecular flexibility index (Phi) is 10.7. The first-order valence-electron chi connectivity index (χ1n) is 20.4. The molecule has 0 unspecified atom stereocenters. The van der Waals surface area contributed by atoms with Crippen molar-refractivity contribution in [2.24, 2.45) is 0 Å². The van der Waals surface area contributed by atoms with E-state index in [2.05, 4.69) is 48.5 Å². The average molecular weight is 701 g/mol. The van der Waals surface area contributed by atoms with Crippen LogP contribution in [0.2, 0.25) is 0 Å². The number of rotatable bonds is 8. The second-order valence-electron chi connectivity index (χ2n) is 16.9. The third-order valence-electron chi connectivity index (χ3n) is 13.3. The topological polar surface area (TPSA) is 80.9 Å². The van der Waals surface area contributed by atoms with E-state index in [0.29, 0.717) is 47.7 Å². The molecule has 4 aromatic rings. The number of aryl methyl sites for hydroxylation is 4. The Morgan fingerprint density at radius 2 is 0.808 bits per heavy atom. The van der Waals surface area contributed by atoms with Crippen molar-refractivity contribution in [3.8, 4) is 23.0 Å². The van der Waals surface area contributed by atoms with Gasteiger partial charge in [0, 0.05) is 29.4 Å². The summed E-state index contributed by atoms with van der Waals surface area (Å²) in [6, 6.07) is 17.4. The number of hydrogen-bond acceptors (Lipinski definition) is 4. The summed E-state index contributed by atoms with van der Waals surface area (Å²) in [5.41, 5.74) is 12.3. The van der Waals surface area contributed by atoms with E-state index in [4.69, 9.17) is 0 Å². The van der Waals surface area contributed by atoms with E-state index in [0.717, 1.165) is 95.9 Å². The van der Waals surface area contributed by atoms with Crippen LogP contribution in [0, 0.1) is 27.7 Å². The Morgan fingerprint density at radius 3 is 1.17 bits per heavy atom. The number of aromatic hydroxyl groups is 4. The van der Waals surface area contributed by atoms with Crippen LogP contribution < -0.4 is 0 Å². The summed E-state index contributed by atoms with van der Waals surface area (Å²) >= 11 is 0. The molecule has 0 bridgehead atoms. The fourth-order valence-electron chi connectivity index (χ4n) is 10.6. The van der Waals surface area contributed by atoms with Crippen molar-refractivity contribution in [2.45, 2.75) is 154 Å². The van der Waals surface area contributed by atoms with Gasteiger partial charge in [0.25, 0.3) is 0 Å². The fourth-order valence-corrected chi connectivity index (χ4v) is 10.6. The highest BCUT2D eigenvalue weighted by Crippen LogP contribution is 2.55. The lowest BCUT2D eigenvalue weighted by molar-refractivity contribution is 0.324. The van der Waals surface area contributed by atoms with Gasteiger partial charge in [0.2, 0.25) is 0 Å². The zero-order valence-electron chi connectivity index (χ0n) is 32.1. The van der Waals surface area contributed by atoms with Crippen molar-refractivity contribution in [1.29, 1.82) is 0 Å². The third-order valence-corrected chi connectivity index (χ3v) is 13.3. The minimum Gasteiger partial charge on any atom is -0.507 e. The molecule has 0 heterocycles. The zero-order valence-corrected chi connectivity index (χ0v) is 32.1. The molecule has 3 fully saturated rings. The molecule has 7 rings (SSSR count). The minimum atomic E-state index is -0.277. The minimum absolute atomic E-state index is 0.277. The molecule has 3 saturated carbocycles. The van der Waals surface area contributed by atoms with E-state index >= 15 is 0 Å². The number of phenolic OH excluding ortho intramolecular Hbond substituents is 4. The van der Waals surface area contributed by atoms with E-state index in [-0.39, 0.29) is 5.41 Å². The van der Waals surface area contributed by atoms with Crippen LogP contribution >= 0.6 is 0 Å². The first-order chi connectivity index (χ1) is 25.1. The first kappa shape index (κ1) is 36.4. The second-order valence-corrected chi connectivity index (χ2v) is 16.9. The predicted molar refractivity (Wildman–Crippen MR) is 213 cm³/mol. The molecule has 4 heteroatoms. The molecule has 0 saturated heterocycles. The van der Waals surface area contributed by atoms with Crippen LogP contribution in [0.1, 0.15) is 175 Å². The standard InChI is InChI=1S/C48H60O4/c1-30-24-34(25-31(2)44(30)49)28-38-18-20-40(42(46(38)51)36-14-8-5-9-15-36)48(22-12-7-13-23-48)41-21-19-39(29-35-26-32(3)45(50)33(4)27-35)47(52)43(41)37-16-10-6-11-17-37/h18-21,24-27,36-37,49-52H,5-17,22-23,28-29H2,1-4H3. The van der Waals surface area contributed by atoms with Gasteiger partial charge in [0.1, 0.15) is 23.0 Å². The normalized spacial score (nSPS) is 18.5. The van der Waals surface area contributed by atoms with Crippen molar-refractivity contribution >= 4 is 0 Å². The molecular weight excluding hydrogens is 641 g/mol. The largest absolute Gasteiger partial charge is 0.507 e. The summed E-state index contributed by atoms with van der Waals surface area (Å²) in [7, 11) is 0. The van der Waals surface area contributed by atoms with E-state index in [1.165, 1.54) is 67.2 Å². The van der Waals surface area contributed by atoms with Crippen LogP contribution in [0.15, 0.2) is 48.5 Å². The van der Waals surface area contributed by atoms with E-state index in [1.54, 1.807) is 0 Å². The van der Waals surface area contributed by atoms with Gasteiger partial charge in [-0.25, -0.2) is 0 Å². The highest BCUT2D eigenvalue weighted by Gasteiger charge is 2.43. The first-order valence-corrected chi connectivity index (χ1v) is 20.4. The van der Waals surface area contributed by atoms with Crippen LogP contribution in [0.25, 0.3) is 0 Å². The quantitative estimate of drug-likeness (QED) is 0.147. The summed E-state index contributed by atoms with van der Waals surface area (Å²) in [6.07, 6.45) is 18.5. The summed E-state index contributed by atoms with van der Waals surface area (Å²) in [5.74, 6) is 2.27. The monoisotopic (exact) mass is 700 g/mol. The van der Waals surface area contributed by atoms with Crippen LogP contribution in [0.4, 0.5) is 0 Å². The van der Waals surface area contributed by atoms with Crippen molar-refractivity contribution in [3.63, 3.8) is 0 Å². The van der Waals surface area contributed by atoms with Crippen molar-refractivity contribution in [2.75, 3.05) is 0 Å². The molecule has 0 aliphatic heterocycles. The third kappa shape index (κ3) is 6.95. The highest BCUT2D eigenvalue weighted by atomic mass is 16.3. The molecule has 0 atom stereocenters. The molecule has 4 nitrogen and oxygen atoms in total. The molecule has 3 aliphatic carbocycles. The molecule has 0 spiro atoms. The van der Waals surface area contributed by atoms with Gasteiger partial charge >= 0.3 is 0 Å². The summed E-state index contributed by atoms with van der Waals surface area (Å²) in [5, 5.41) is 45.9. The maximum Gasteiger partial charge on any atom is 0.122 e. The lowest BCUT2D eigenvalue weighted by Gasteiger charge is -2.44. The number of benzene rings is 4. The second kappa shape index (κ2) is 15.2. The molecule has 0 radical (unpaired) electrons. The van der Waals surface area contributed by atoms with Gasteiger partial charge in [-0.3, -0.25) is 0 Å². The molecule has 3 aliphatic rings. The van der Waals surface area contributed by atoms with Crippen molar-refractivity contribution in [1.82, 2.24) is 0 Å². The van der Waals surface area contributed by atoms with Gasteiger partial charge in [-0.1, -0.05) is 106 Å². The Morgan fingerprint density at radius 1 is 0.462 bits per heavy atom. The number of phenols is 4. The fraction of sp³-hybridized carbons (Fsp3) is 0.500. The van der Waals surface area contributed by atoms with Crippen LogP contribution in [0.5, 0.6) is 23.0 Å². The van der Waals surface area contributed by atoms with E-state index in [1.807, 2.05) is 27.7 Å². The summed E-state index contributed by atoms with van der Waals surface area (Å²) in [4.78, 5) is 0. The van der Waals surface area contributed by atoms with E-state index < -0.39 is 0 Å². The average Bonchev–Trinajstić information content (AvgIpc) is 3.15. The van der Waals surface area contributed by atoms with Crippen LogP contribution in [0.3, 0.4) is 0 Å². The van der Waals surface area contributed by atoms with Gasteiger partial charge in [0.05, 0.1) is 0 Å². The lowest BCUT2D eigenvalue weighted by Crippen LogP contribution is -2.34. The van der Waals surface area contributed by atoms with Gasteiger partial charge in [-0.05, 0) is 134 Å². The van der Waals surface area contributed by atoms with Gasteiger partial charge < -0.3 is 20.4 Å². The zero-order chi connectivity index (χ0) is 36.6. The smallest absolute Gasteiger partial charge is 0.122 e. The summed E-state index contributed by atoms with van der Waals surface area (Å²) < 4.78 is 0. The molecule has 4 aromatic carbocycles. The lowest BCUT2D eigenvalue weighted by atomic mass is 9.60. The molecule has 52 heavy (non-hydrogen) atoms. The molecule has 276 valence electrons. The summed E-state index contributed by atoms with van der Waals surface area (Å²) in [6.45, 7) is 7.80. The van der Waals surface area contributed by atoms with Gasteiger partial charge in [-0.2, -0.15) is 0 Å². The Hall–Kier alpha value is -3.92. The highest BCUT2D eigenvalue weighted by molar-refractivity contribution is 5.60. The maximum atomic E-state index is 12.5. The van der Waals surface area contributed by atoms with Gasteiger partial charge in [0.15, 0.2) is 0 Å². The predicted octanol–water partition coefficient (Wildman–Crippen LogP) is 12.3. The van der Waals surface area contributed by atoms with Gasteiger partial charge in [-0.15, -0.1) is 0 Å².